The molecule has 1 N–H and O–H groups in total. The number of imidazole rings is 1. The highest BCUT2D eigenvalue weighted by Gasteiger charge is 2.29. The number of amides is 2. The highest BCUT2D eigenvalue weighted by molar-refractivity contribution is 5.69. The van der Waals surface area contributed by atoms with E-state index in [4.69, 9.17) is 43.7 Å². The Morgan fingerprint density at radius 1 is 0.825 bits per heavy atom. The number of anilines is 2. The fourth-order valence-corrected chi connectivity index (χ4v) is 7.11. The van der Waals surface area contributed by atoms with Crippen molar-refractivity contribution in [1.82, 2.24) is 34.4 Å². The van der Waals surface area contributed by atoms with Gasteiger partial charge in [0.2, 0.25) is 0 Å². The SMILES string of the molecule is COc1ccc(CN(Cc2ccc(OC)cc2)c2nc(OC(C)CN(C)C(=O)OC(C)(C)C)nn3c(C(O)c4cnc(N5CCN(C(=O)OC(C)(C)C)CC5)c(C)c4)cnc23)cc1. The lowest BCUT2D eigenvalue weighted by Crippen LogP contribution is -2.50. The largest absolute Gasteiger partial charge is 0.497 e. The maximum Gasteiger partial charge on any atom is 0.410 e. The van der Waals surface area contributed by atoms with Crippen molar-refractivity contribution in [2.24, 2.45) is 0 Å². The normalized spacial score (nSPS) is 14.2. The summed E-state index contributed by atoms with van der Waals surface area (Å²) in [6.07, 6.45) is 0.670. The molecule has 17 nitrogen and oxygen atoms in total. The van der Waals surface area contributed by atoms with Crippen molar-refractivity contribution in [1.29, 1.82) is 0 Å². The van der Waals surface area contributed by atoms with Gasteiger partial charge in [-0.25, -0.2) is 24.1 Å². The molecule has 2 atom stereocenters. The quantitative estimate of drug-likeness (QED) is 0.123. The average Bonchev–Trinajstić information content (AvgIpc) is 3.66. The van der Waals surface area contributed by atoms with Crippen LogP contribution in [0.2, 0.25) is 0 Å². The fraction of sp³-hybridized carbons (Fsp3) is 0.478. The van der Waals surface area contributed by atoms with Crippen LogP contribution in [0, 0.1) is 6.92 Å². The van der Waals surface area contributed by atoms with E-state index in [2.05, 4.69) is 9.80 Å². The molecule has 3 aromatic heterocycles. The summed E-state index contributed by atoms with van der Waals surface area (Å²) < 4.78 is 29.9. The number of carbonyl (C=O) groups is 2. The Labute approximate surface area is 369 Å². The average molecular weight is 868 g/mol. The Balaban J connectivity index is 1.34. The lowest BCUT2D eigenvalue weighted by Gasteiger charge is -2.36. The first-order valence-electron chi connectivity index (χ1n) is 21.1. The maximum absolute atomic E-state index is 12.9. The number of carbonyl (C=O) groups excluding carboxylic acids is 2. The molecule has 1 fully saturated rings. The standard InChI is InChI=1S/C46H61N9O8/c1-30-24-34(25-47-39(30)52-20-22-53(23-21-52)44(58)63-46(6,7)8)38(56)37-26-48-40-41(49-42(50-55(37)40)61-31(2)27-51(9)43(57)62-45(3,4)5)54(28-32-12-16-35(59-10)17-13-32)29-33-14-18-36(60-11)19-15-33/h12-19,24-26,31,38,56H,20-23,27-29H2,1-11H3. The van der Waals surface area contributed by atoms with Gasteiger partial charge in [-0.05, 0) is 102 Å². The minimum atomic E-state index is -1.19. The van der Waals surface area contributed by atoms with Gasteiger partial charge >= 0.3 is 18.2 Å². The third kappa shape index (κ3) is 12.0. The van der Waals surface area contributed by atoms with Crippen molar-refractivity contribution in [3.05, 3.63) is 94.9 Å². The van der Waals surface area contributed by atoms with Crippen molar-refractivity contribution < 1.29 is 38.4 Å². The smallest absolute Gasteiger partial charge is 0.410 e. The number of rotatable bonds is 14. The molecule has 0 spiro atoms. The Morgan fingerprint density at radius 2 is 1.40 bits per heavy atom. The van der Waals surface area contributed by atoms with Crippen molar-refractivity contribution in [3.8, 4) is 17.5 Å². The Bertz CT molecular complexity index is 2280. The molecular weight excluding hydrogens is 807 g/mol. The zero-order valence-corrected chi connectivity index (χ0v) is 38.3. The lowest BCUT2D eigenvalue weighted by atomic mass is 10.1. The van der Waals surface area contributed by atoms with E-state index in [9.17, 15) is 14.7 Å². The van der Waals surface area contributed by atoms with Gasteiger partial charge in [0.1, 0.15) is 40.7 Å². The third-order valence-electron chi connectivity index (χ3n) is 10.2. The van der Waals surface area contributed by atoms with Gasteiger partial charge in [-0.3, -0.25) is 0 Å². The molecule has 1 aliphatic heterocycles. The summed E-state index contributed by atoms with van der Waals surface area (Å²) in [5.74, 6) is 2.69. The first-order valence-corrected chi connectivity index (χ1v) is 21.1. The van der Waals surface area contributed by atoms with E-state index < -0.39 is 29.5 Å². The van der Waals surface area contributed by atoms with Crippen molar-refractivity contribution in [3.63, 3.8) is 0 Å². The number of piperazine rings is 1. The number of methoxy groups -OCH3 is 2. The molecule has 0 bridgehead atoms. The topological polar surface area (TPSA) is 169 Å². The number of hydrogen-bond acceptors (Lipinski definition) is 14. The van der Waals surface area contributed by atoms with Crippen LogP contribution in [0.4, 0.5) is 21.2 Å². The number of aryl methyl sites for hydroxylation is 1. The highest BCUT2D eigenvalue weighted by atomic mass is 16.6. The van der Waals surface area contributed by atoms with E-state index in [1.54, 1.807) is 43.1 Å². The highest BCUT2D eigenvalue weighted by Crippen LogP contribution is 2.31. The van der Waals surface area contributed by atoms with Gasteiger partial charge in [-0.1, -0.05) is 24.3 Å². The molecule has 2 aromatic carbocycles. The molecule has 0 radical (unpaired) electrons. The number of pyridine rings is 1. The Kier molecular flexibility index (Phi) is 14.2. The van der Waals surface area contributed by atoms with Crippen LogP contribution in [0.25, 0.3) is 5.65 Å². The number of likely N-dealkylation sites (N-methyl/N-ethyl adjacent to an activating group) is 1. The van der Waals surface area contributed by atoms with Crippen LogP contribution in [-0.4, -0.2) is 123 Å². The molecule has 2 unspecified atom stereocenters. The molecule has 6 rings (SSSR count). The second-order valence-corrected chi connectivity index (χ2v) is 17.7. The number of fused-ring (bicyclic) bond motifs is 1. The van der Waals surface area contributed by atoms with Crippen molar-refractivity contribution >= 4 is 29.5 Å². The molecule has 4 heterocycles. The number of aliphatic hydroxyl groups excluding tert-OH is 1. The summed E-state index contributed by atoms with van der Waals surface area (Å²) in [5, 5.41) is 16.9. The molecule has 1 aliphatic rings. The first-order chi connectivity index (χ1) is 29.8. The van der Waals surface area contributed by atoms with E-state index in [0.717, 1.165) is 34.0 Å². The number of nitrogens with zero attached hydrogens (tertiary/aromatic N) is 9. The maximum atomic E-state index is 12.9. The second-order valence-electron chi connectivity index (χ2n) is 17.7. The molecule has 5 aromatic rings. The van der Waals surface area contributed by atoms with Gasteiger partial charge < -0.3 is 48.4 Å². The van der Waals surface area contributed by atoms with E-state index in [-0.39, 0.29) is 18.6 Å². The van der Waals surface area contributed by atoms with Gasteiger partial charge in [0.05, 0.1) is 32.7 Å². The number of hydrogen-bond donors (Lipinski definition) is 1. The molecule has 1 saturated heterocycles. The molecule has 0 saturated carbocycles. The van der Waals surface area contributed by atoms with Gasteiger partial charge in [0.25, 0.3) is 0 Å². The predicted molar refractivity (Wildman–Crippen MR) is 239 cm³/mol. The van der Waals surface area contributed by atoms with E-state index in [1.165, 1.54) is 4.90 Å². The van der Waals surface area contributed by atoms with Gasteiger partial charge in [0, 0.05) is 58.1 Å². The number of ether oxygens (including phenoxy) is 5. The lowest BCUT2D eigenvalue weighted by molar-refractivity contribution is 0.0226. The summed E-state index contributed by atoms with van der Waals surface area (Å²) in [4.78, 5) is 47.5. The van der Waals surface area contributed by atoms with Crippen LogP contribution >= 0.6 is 0 Å². The van der Waals surface area contributed by atoms with Crippen LogP contribution in [0.5, 0.6) is 17.5 Å². The third-order valence-corrected chi connectivity index (χ3v) is 10.2. The van der Waals surface area contributed by atoms with Gasteiger partial charge in [0.15, 0.2) is 11.5 Å². The molecule has 0 aliphatic carbocycles. The molecular formula is C46H61N9O8. The summed E-state index contributed by atoms with van der Waals surface area (Å²) in [6.45, 7) is 18.0. The van der Waals surface area contributed by atoms with Crippen LogP contribution in [0.15, 0.2) is 67.0 Å². The van der Waals surface area contributed by atoms with Crippen LogP contribution in [-0.2, 0) is 22.6 Å². The van der Waals surface area contributed by atoms with Crippen LogP contribution in [0.1, 0.15) is 82.5 Å². The summed E-state index contributed by atoms with van der Waals surface area (Å²) in [7, 11) is 4.90. The zero-order chi connectivity index (χ0) is 45.6. The Morgan fingerprint density at radius 3 is 1.92 bits per heavy atom. The number of aliphatic hydroxyl groups is 1. The molecule has 63 heavy (non-hydrogen) atoms. The van der Waals surface area contributed by atoms with Crippen LogP contribution in [0.3, 0.4) is 0 Å². The van der Waals surface area contributed by atoms with Crippen LogP contribution < -0.4 is 24.0 Å². The molecule has 2 amide bonds. The van der Waals surface area contributed by atoms with E-state index in [1.807, 2.05) is 110 Å². The zero-order valence-electron chi connectivity index (χ0n) is 38.3. The fourth-order valence-electron chi connectivity index (χ4n) is 7.11. The van der Waals surface area contributed by atoms with Crippen molar-refractivity contribution in [2.75, 3.05) is 63.8 Å². The summed E-state index contributed by atoms with van der Waals surface area (Å²) in [6, 6.07) is 17.5. The monoisotopic (exact) mass is 867 g/mol. The minimum Gasteiger partial charge on any atom is -0.497 e. The molecule has 17 heteroatoms. The summed E-state index contributed by atoms with van der Waals surface area (Å²) in [5.41, 5.74) is 2.88. The molecule has 338 valence electrons. The number of benzene rings is 2. The predicted octanol–water partition coefficient (Wildman–Crippen LogP) is 6.82. The number of aromatic nitrogens is 5. The van der Waals surface area contributed by atoms with E-state index in [0.29, 0.717) is 62.0 Å². The van der Waals surface area contributed by atoms with E-state index >= 15 is 0 Å². The Hall–Kier alpha value is -6.36. The summed E-state index contributed by atoms with van der Waals surface area (Å²) >= 11 is 0. The first kappa shape index (κ1) is 46.2. The second kappa shape index (κ2) is 19.4. The minimum absolute atomic E-state index is 0.0127. The van der Waals surface area contributed by atoms with Gasteiger partial charge in [-0.15, -0.1) is 5.10 Å². The van der Waals surface area contributed by atoms with Gasteiger partial charge in [-0.2, -0.15) is 4.98 Å². The van der Waals surface area contributed by atoms with Crippen molar-refractivity contribution in [2.45, 2.75) is 91.9 Å².